The van der Waals surface area contributed by atoms with Crippen molar-refractivity contribution in [3.63, 3.8) is 0 Å². The zero-order valence-electron chi connectivity index (χ0n) is 10.2. The molecule has 1 saturated heterocycles. The quantitative estimate of drug-likeness (QED) is 0.841. The first-order valence-corrected chi connectivity index (χ1v) is 5.78. The topological polar surface area (TPSA) is 66.3 Å². The minimum absolute atomic E-state index is 0.596. The van der Waals surface area contributed by atoms with Gasteiger partial charge in [0.15, 0.2) is 0 Å². The highest BCUT2D eigenvalue weighted by molar-refractivity contribution is 5.74. The van der Waals surface area contributed by atoms with Gasteiger partial charge in [-0.15, -0.1) is 0 Å². The van der Waals surface area contributed by atoms with Crippen molar-refractivity contribution >= 4 is 11.9 Å². The molecule has 5 heteroatoms. The number of aromatic nitrogens is 2. The Bertz CT molecular complexity index is 408. The number of rotatable bonds is 2. The monoisotopic (exact) mass is 235 g/mol. The second kappa shape index (κ2) is 4.31. The first-order valence-electron chi connectivity index (χ1n) is 5.78. The molecule has 0 saturated carbocycles. The van der Waals surface area contributed by atoms with Crippen molar-refractivity contribution in [3.8, 4) is 0 Å². The summed E-state index contributed by atoms with van der Waals surface area (Å²) in [5.41, 5.74) is 0.433. The molecule has 1 fully saturated rings. The van der Waals surface area contributed by atoms with E-state index in [9.17, 15) is 4.79 Å². The van der Waals surface area contributed by atoms with E-state index in [0.29, 0.717) is 31.9 Å². The molecular weight excluding hydrogens is 218 g/mol. The number of carbonyl (C=O) groups is 1. The van der Waals surface area contributed by atoms with E-state index in [1.807, 2.05) is 18.7 Å². The molecule has 0 unspecified atom stereocenters. The summed E-state index contributed by atoms with van der Waals surface area (Å²) < 4.78 is 0. The maximum Gasteiger partial charge on any atom is 0.309 e. The Morgan fingerprint density at radius 3 is 2.35 bits per heavy atom. The van der Waals surface area contributed by atoms with Gasteiger partial charge in [-0.05, 0) is 32.3 Å². The van der Waals surface area contributed by atoms with Gasteiger partial charge in [0.1, 0.15) is 0 Å². The highest BCUT2D eigenvalue weighted by atomic mass is 16.4. The molecule has 2 heterocycles. The van der Waals surface area contributed by atoms with E-state index in [1.54, 1.807) is 12.4 Å². The third kappa shape index (κ3) is 2.38. The minimum Gasteiger partial charge on any atom is -0.481 e. The fourth-order valence-electron chi connectivity index (χ4n) is 1.96. The number of piperidine rings is 1. The Kier molecular flexibility index (Phi) is 3.00. The molecule has 0 amide bonds. The maximum atomic E-state index is 11.1. The van der Waals surface area contributed by atoms with E-state index in [0.717, 1.165) is 5.56 Å². The summed E-state index contributed by atoms with van der Waals surface area (Å²) in [6.45, 7) is 5.15. The van der Waals surface area contributed by atoms with Gasteiger partial charge in [0, 0.05) is 25.5 Å². The third-order valence-corrected chi connectivity index (χ3v) is 3.43. The smallest absolute Gasteiger partial charge is 0.309 e. The molecule has 0 aromatic carbocycles. The van der Waals surface area contributed by atoms with Crippen molar-refractivity contribution in [1.29, 1.82) is 0 Å². The lowest BCUT2D eigenvalue weighted by Crippen LogP contribution is -2.43. The van der Waals surface area contributed by atoms with Crippen LogP contribution in [0.15, 0.2) is 12.4 Å². The Morgan fingerprint density at radius 2 is 1.88 bits per heavy atom. The second-order valence-corrected chi connectivity index (χ2v) is 4.91. The number of hydrogen-bond donors (Lipinski definition) is 1. The van der Waals surface area contributed by atoms with Crippen molar-refractivity contribution in [1.82, 2.24) is 9.97 Å². The molecule has 0 radical (unpaired) electrons. The van der Waals surface area contributed by atoms with E-state index in [4.69, 9.17) is 5.11 Å². The van der Waals surface area contributed by atoms with Crippen molar-refractivity contribution in [2.45, 2.75) is 26.7 Å². The predicted octanol–water partition coefficient (Wildman–Crippen LogP) is 1.48. The van der Waals surface area contributed by atoms with Gasteiger partial charge >= 0.3 is 5.97 Å². The van der Waals surface area contributed by atoms with Crippen LogP contribution in [0.1, 0.15) is 25.3 Å². The Labute approximate surface area is 100 Å². The summed E-state index contributed by atoms with van der Waals surface area (Å²) in [7, 11) is 0. The molecule has 0 aliphatic carbocycles. The molecule has 2 rings (SSSR count). The molecule has 1 N–H and O–H groups in total. The molecule has 5 nitrogen and oxygen atoms in total. The number of nitrogens with zero attached hydrogens (tertiary/aromatic N) is 3. The van der Waals surface area contributed by atoms with Gasteiger partial charge in [0.25, 0.3) is 0 Å². The zero-order valence-corrected chi connectivity index (χ0v) is 10.2. The lowest BCUT2D eigenvalue weighted by Gasteiger charge is -2.36. The minimum atomic E-state index is -0.707. The molecule has 1 aliphatic heterocycles. The van der Waals surface area contributed by atoms with Crippen LogP contribution in [0, 0.1) is 12.3 Å². The molecule has 0 bridgehead atoms. The van der Waals surface area contributed by atoms with E-state index in [1.165, 1.54) is 0 Å². The summed E-state index contributed by atoms with van der Waals surface area (Å²) in [5, 5.41) is 9.14. The van der Waals surface area contributed by atoms with Crippen LogP contribution < -0.4 is 4.90 Å². The fraction of sp³-hybridized carbons (Fsp3) is 0.583. The lowest BCUT2D eigenvalue weighted by molar-refractivity contribution is -0.149. The predicted molar refractivity (Wildman–Crippen MR) is 64.0 cm³/mol. The summed E-state index contributed by atoms with van der Waals surface area (Å²) in [5.74, 6) is -0.00925. The average molecular weight is 235 g/mol. The molecule has 0 atom stereocenters. The largest absolute Gasteiger partial charge is 0.481 e. The number of aliphatic carboxylic acids is 1. The lowest BCUT2D eigenvalue weighted by atomic mass is 9.80. The van der Waals surface area contributed by atoms with Crippen molar-refractivity contribution in [2.75, 3.05) is 18.0 Å². The molecule has 92 valence electrons. The maximum absolute atomic E-state index is 11.1. The zero-order chi connectivity index (χ0) is 12.5. The van der Waals surface area contributed by atoms with Gasteiger partial charge in [0.2, 0.25) is 5.95 Å². The van der Waals surface area contributed by atoms with Gasteiger partial charge in [-0.2, -0.15) is 0 Å². The fourth-order valence-corrected chi connectivity index (χ4v) is 1.96. The van der Waals surface area contributed by atoms with Crippen LogP contribution in [0.4, 0.5) is 5.95 Å². The normalized spacial score (nSPS) is 19.1. The van der Waals surface area contributed by atoms with Crippen molar-refractivity contribution in [2.24, 2.45) is 5.41 Å². The summed E-state index contributed by atoms with van der Waals surface area (Å²) in [6, 6.07) is 0. The van der Waals surface area contributed by atoms with Crippen LogP contribution in [-0.2, 0) is 4.79 Å². The van der Waals surface area contributed by atoms with E-state index >= 15 is 0 Å². The Morgan fingerprint density at radius 1 is 1.35 bits per heavy atom. The van der Waals surface area contributed by atoms with Crippen LogP contribution in [0.5, 0.6) is 0 Å². The van der Waals surface area contributed by atoms with Gasteiger partial charge in [-0.3, -0.25) is 4.79 Å². The number of carboxylic acid groups (broad SMARTS) is 1. The van der Waals surface area contributed by atoms with Gasteiger partial charge in [-0.1, -0.05) is 0 Å². The highest BCUT2D eigenvalue weighted by Crippen LogP contribution is 2.32. The van der Waals surface area contributed by atoms with E-state index < -0.39 is 11.4 Å². The van der Waals surface area contributed by atoms with Crippen molar-refractivity contribution < 1.29 is 9.90 Å². The SMILES string of the molecule is Cc1cnc(N2CCC(C)(C(=O)O)CC2)nc1. The first kappa shape index (κ1) is 11.8. The van der Waals surface area contributed by atoms with E-state index in [2.05, 4.69) is 9.97 Å². The molecule has 17 heavy (non-hydrogen) atoms. The average Bonchev–Trinajstić information content (AvgIpc) is 2.31. The third-order valence-electron chi connectivity index (χ3n) is 3.43. The van der Waals surface area contributed by atoms with Crippen LogP contribution >= 0.6 is 0 Å². The molecular formula is C12H17N3O2. The Balaban J connectivity index is 2.04. The second-order valence-electron chi connectivity index (χ2n) is 4.91. The summed E-state index contributed by atoms with van der Waals surface area (Å²) in [6.07, 6.45) is 4.85. The number of hydrogen-bond acceptors (Lipinski definition) is 4. The molecule has 1 aromatic rings. The van der Waals surface area contributed by atoms with Crippen LogP contribution in [0.2, 0.25) is 0 Å². The van der Waals surface area contributed by atoms with Gasteiger partial charge in [0.05, 0.1) is 5.41 Å². The highest BCUT2D eigenvalue weighted by Gasteiger charge is 2.37. The van der Waals surface area contributed by atoms with Gasteiger partial charge in [-0.25, -0.2) is 9.97 Å². The molecule has 0 spiro atoms. The first-order chi connectivity index (χ1) is 8.01. The van der Waals surface area contributed by atoms with Gasteiger partial charge < -0.3 is 10.0 Å². The summed E-state index contributed by atoms with van der Waals surface area (Å²) in [4.78, 5) is 21.7. The number of carboxylic acids is 1. The standard InChI is InChI=1S/C12H17N3O2/c1-9-7-13-11(14-8-9)15-5-3-12(2,4-6-15)10(16)17/h7-8H,3-6H2,1-2H3,(H,16,17). The number of aryl methyl sites for hydroxylation is 1. The van der Waals surface area contributed by atoms with Crippen LogP contribution in [-0.4, -0.2) is 34.1 Å². The Hall–Kier alpha value is -1.65. The summed E-state index contributed by atoms with van der Waals surface area (Å²) >= 11 is 0. The molecule has 1 aromatic heterocycles. The van der Waals surface area contributed by atoms with Crippen molar-refractivity contribution in [3.05, 3.63) is 18.0 Å². The number of anilines is 1. The molecule has 1 aliphatic rings. The van der Waals surface area contributed by atoms with Crippen LogP contribution in [0.3, 0.4) is 0 Å². The van der Waals surface area contributed by atoms with Crippen LogP contribution in [0.25, 0.3) is 0 Å². The van der Waals surface area contributed by atoms with E-state index in [-0.39, 0.29) is 0 Å².